The van der Waals surface area contributed by atoms with Gasteiger partial charge in [-0.05, 0) is 45.7 Å². The summed E-state index contributed by atoms with van der Waals surface area (Å²) in [6.07, 6.45) is 4.28. The van der Waals surface area contributed by atoms with Gasteiger partial charge in [0.05, 0.1) is 0 Å². The van der Waals surface area contributed by atoms with Gasteiger partial charge in [-0.3, -0.25) is 0 Å². The monoisotopic (exact) mass is 231 g/mol. The Morgan fingerprint density at radius 1 is 0.750 bits per heavy atom. The Balaban J connectivity index is -0.000000209. The van der Waals surface area contributed by atoms with Crippen molar-refractivity contribution in [2.45, 2.75) is 81.2 Å². The molecule has 1 aliphatic heterocycles. The molecule has 1 saturated heterocycles. The van der Waals surface area contributed by atoms with E-state index < -0.39 is 0 Å². The molecule has 1 aliphatic rings. The molecule has 1 heterocycles. The van der Waals surface area contributed by atoms with Crippen molar-refractivity contribution >= 4 is 0 Å². The van der Waals surface area contributed by atoms with Gasteiger partial charge in [0.15, 0.2) is 0 Å². The van der Waals surface area contributed by atoms with Crippen LogP contribution in [0.15, 0.2) is 0 Å². The fourth-order valence-corrected chi connectivity index (χ4v) is 1.43. The molecule has 0 spiro atoms. The smallest absolute Gasteiger partial charge is 0.00385 e. The molecule has 0 unspecified atom stereocenters. The van der Waals surface area contributed by atoms with Gasteiger partial charge in [-0.25, -0.2) is 0 Å². The van der Waals surface area contributed by atoms with E-state index in [1.807, 2.05) is 13.8 Å². The van der Waals surface area contributed by atoms with Gasteiger partial charge in [0.1, 0.15) is 0 Å². The first-order valence-electron chi connectivity index (χ1n) is 6.78. The molecule has 0 aromatic carbocycles. The van der Waals surface area contributed by atoms with Gasteiger partial charge in [0.2, 0.25) is 0 Å². The van der Waals surface area contributed by atoms with E-state index >= 15 is 0 Å². The van der Waals surface area contributed by atoms with Gasteiger partial charge in [-0.1, -0.05) is 48.5 Å². The Hall–Kier alpha value is -0.0400. The Kier molecular flexibility index (Phi) is 19.9. The Morgan fingerprint density at radius 2 is 1.06 bits per heavy atom. The van der Waals surface area contributed by atoms with Crippen LogP contribution in [-0.4, -0.2) is 24.0 Å². The first kappa shape index (κ1) is 21.3. The Bertz CT molecular complexity index is 99.2. The second kappa shape index (κ2) is 15.0. The van der Waals surface area contributed by atoms with Crippen molar-refractivity contribution in [3.05, 3.63) is 0 Å². The number of hydrogen-bond donors (Lipinski definition) is 0. The van der Waals surface area contributed by atoms with Crippen LogP contribution in [0.4, 0.5) is 0 Å². The quantitative estimate of drug-likeness (QED) is 0.599. The molecule has 0 saturated carbocycles. The van der Waals surface area contributed by atoms with E-state index in [0.717, 1.165) is 12.0 Å². The van der Waals surface area contributed by atoms with Crippen LogP contribution in [0.3, 0.4) is 0 Å². The van der Waals surface area contributed by atoms with Crippen molar-refractivity contribution < 1.29 is 0 Å². The molecule has 0 amide bonds. The molecule has 0 radical (unpaired) electrons. The Morgan fingerprint density at radius 3 is 1.25 bits per heavy atom. The van der Waals surface area contributed by atoms with Crippen LogP contribution >= 0.6 is 0 Å². The number of likely N-dealkylation sites (tertiary alicyclic amines) is 1. The lowest BCUT2D eigenvalue weighted by Gasteiger charge is -2.29. The van der Waals surface area contributed by atoms with Gasteiger partial charge in [-0.2, -0.15) is 0 Å². The molecule has 0 atom stereocenters. The average molecular weight is 231 g/mol. The minimum Gasteiger partial charge on any atom is -0.301 e. The van der Waals surface area contributed by atoms with E-state index in [9.17, 15) is 0 Å². The van der Waals surface area contributed by atoms with Crippen molar-refractivity contribution in [3.63, 3.8) is 0 Å². The topological polar surface area (TPSA) is 3.24 Å². The highest BCUT2D eigenvalue weighted by atomic mass is 15.1. The van der Waals surface area contributed by atoms with Gasteiger partial charge in [0, 0.05) is 6.04 Å². The maximum absolute atomic E-state index is 2.56. The first-order chi connectivity index (χ1) is 7.04. The summed E-state index contributed by atoms with van der Waals surface area (Å²) in [7, 11) is 0. The minimum absolute atomic E-state index is 0. The highest BCUT2D eigenvalue weighted by Gasteiger charge is 2.11. The van der Waals surface area contributed by atoms with E-state index in [4.69, 9.17) is 0 Å². The van der Waals surface area contributed by atoms with Crippen molar-refractivity contribution in [2.24, 2.45) is 5.92 Å². The van der Waals surface area contributed by atoms with Gasteiger partial charge >= 0.3 is 0 Å². The lowest BCUT2D eigenvalue weighted by molar-refractivity contribution is 0.185. The molecule has 1 rings (SSSR count). The molecule has 16 heavy (non-hydrogen) atoms. The summed E-state index contributed by atoms with van der Waals surface area (Å²) < 4.78 is 0. The third-order valence-corrected chi connectivity index (χ3v) is 2.12. The average Bonchev–Trinajstić information content (AvgIpc) is 2.21. The molecule has 0 aromatic rings. The molecule has 102 valence electrons. The van der Waals surface area contributed by atoms with E-state index in [2.05, 4.69) is 39.5 Å². The molecular formula is C15H37N. The zero-order valence-electron chi connectivity index (χ0n) is 12.1. The fraction of sp³-hybridized carbons (Fsp3) is 1.00. The molecule has 0 aliphatic carbocycles. The van der Waals surface area contributed by atoms with Crippen molar-refractivity contribution in [1.29, 1.82) is 0 Å². The summed E-state index contributed by atoms with van der Waals surface area (Å²) in [5.41, 5.74) is 0. The first-order valence-corrected chi connectivity index (χ1v) is 6.78. The van der Waals surface area contributed by atoms with Gasteiger partial charge < -0.3 is 4.90 Å². The molecule has 0 aromatic heterocycles. The summed E-state index contributed by atoms with van der Waals surface area (Å²) in [6.45, 7) is 17.7. The molecule has 0 N–H and O–H groups in total. The molecule has 1 nitrogen and oxygen atoms in total. The van der Waals surface area contributed by atoms with Gasteiger partial charge in [0.25, 0.3) is 0 Å². The lowest BCUT2D eigenvalue weighted by Crippen LogP contribution is -2.35. The summed E-state index contributed by atoms with van der Waals surface area (Å²) >= 11 is 0. The van der Waals surface area contributed by atoms with E-state index in [1.165, 1.54) is 32.4 Å². The predicted octanol–water partition coefficient (Wildman–Crippen LogP) is 5.21. The van der Waals surface area contributed by atoms with Crippen LogP contribution < -0.4 is 0 Å². The summed E-state index contributed by atoms with van der Waals surface area (Å²) in [5, 5.41) is 0. The Labute approximate surface area is 106 Å². The maximum atomic E-state index is 2.56. The lowest BCUT2D eigenvalue weighted by atomic mass is 10.1. The summed E-state index contributed by atoms with van der Waals surface area (Å²) in [6, 6.07) is 0.769. The van der Waals surface area contributed by atoms with E-state index in [0.29, 0.717) is 0 Å². The molecule has 1 heteroatoms. The molecule has 0 bridgehead atoms. The standard InChI is InChI=1S/C8H17N.C4H10.C2H6.CH4/c1-8(2)9-6-4-3-5-7-9;1-4(2)3;1-2;/h8H,3-7H2,1-2H3;4H,1-3H3;1-2H3;1H4. The van der Waals surface area contributed by atoms with E-state index in [1.54, 1.807) is 0 Å². The zero-order chi connectivity index (χ0) is 12.3. The van der Waals surface area contributed by atoms with Gasteiger partial charge in [-0.15, -0.1) is 0 Å². The highest BCUT2D eigenvalue weighted by molar-refractivity contribution is 4.67. The third kappa shape index (κ3) is 16.4. The minimum atomic E-state index is 0. The molecule has 1 fully saturated rings. The number of piperidine rings is 1. The normalized spacial score (nSPS) is 15.6. The summed E-state index contributed by atoms with van der Waals surface area (Å²) in [5.74, 6) is 0.833. The van der Waals surface area contributed by atoms with Crippen LogP contribution in [0.25, 0.3) is 0 Å². The number of rotatable bonds is 1. The van der Waals surface area contributed by atoms with Crippen molar-refractivity contribution in [2.75, 3.05) is 13.1 Å². The second-order valence-corrected chi connectivity index (χ2v) is 4.92. The second-order valence-electron chi connectivity index (χ2n) is 4.92. The van der Waals surface area contributed by atoms with Crippen LogP contribution in [-0.2, 0) is 0 Å². The summed E-state index contributed by atoms with van der Waals surface area (Å²) in [4.78, 5) is 2.56. The molecular weight excluding hydrogens is 194 g/mol. The van der Waals surface area contributed by atoms with E-state index in [-0.39, 0.29) is 7.43 Å². The fourth-order valence-electron chi connectivity index (χ4n) is 1.43. The number of hydrogen-bond acceptors (Lipinski definition) is 1. The zero-order valence-corrected chi connectivity index (χ0v) is 12.1. The van der Waals surface area contributed by atoms with Crippen LogP contribution in [0.2, 0.25) is 0 Å². The van der Waals surface area contributed by atoms with Crippen LogP contribution in [0, 0.1) is 5.92 Å². The maximum Gasteiger partial charge on any atom is 0.00385 e. The van der Waals surface area contributed by atoms with Crippen molar-refractivity contribution in [3.8, 4) is 0 Å². The van der Waals surface area contributed by atoms with Crippen LogP contribution in [0.1, 0.15) is 75.2 Å². The van der Waals surface area contributed by atoms with Crippen LogP contribution in [0.5, 0.6) is 0 Å². The SMILES string of the molecule is C.CC.CC(C)C.CC(C)N1CCCCC1. The predicted molar refractivity (Wildman–Crippen MR) is 79.2 cm³/mol. The largest absolute Gasteiger partial charge is 0.301 e. The third-order valence-electron chi connectivity index (χ3n) is 2.12. The number of nitrogens with zero attached hydrogens (tertiary/aromatic N) is 1. The van der Waals surface area contributed by atoms with Crippen molar-refractivity contribution in [1.82, 2.24) is 4.90 Å². The highest BCUT2D eigenvalue weighted by Crippen LogP contribution is 2.10.